The lowest BCUT2D eigenvalue weighted by atomic mass is 10.1. The van der Waals surface area contributed by atoms with Crippen molar-refractivity contribution in [1.82, 2.24) is 0 Å². The Balaban J connectivity index is 1.87. The zero-order valence-electron chi connectivity index (χ0n) is 13.5. The van der Waals surface area contributed by atoms with Gasteiger partial charge in [0.15, 0.2) is 0 Å². The van der Waals surface area contributed by atoms with Gasteiger partial charge in [0.25, 0.3) is 5.91 Å². The zero-order chi connectivity index (χ0) is 19.6. The molecule has 5 N–H and O–H groups in total. The maximum Gasteiger partial charge on any atom is 0.387 e. The first-order chi connectivity index (χ1) is 12.8. The highest BCUT2D eigenvalue weighted by atomic mass is 32.1. The van der Waals surface area contributed by atoms with Gasteiger partial charge in [-0.1, -0.05) is 12.1 Å². The van der Waals surface area contributed by atoms with Crippen molar-refractivity contribution < 1.29 is 28.2 Å². The number of phenols is 1. The monoisotopic (exact) mass is 393 g/mol. The van der Waals surface area contributed by atoms with E-state index in [0.29, 0.717) is 10.1 Å². The molecule has 0 aliphatic rings. The van der Waals surface area contributed by atoms with E-state index in [1.165, 1.54) is 42.5 Å². The van der Waals surface area contributed by atoms with Crippen LogP contribution in [0.5, 0.6) is 11.5 Å². The number of rotatable bonds is 5. The molecular weight excluding hydrogens is 380 g/mol. The number of anilines is 2. The number of para-hydroxylation sites is 2. The van der Waals surface area contributed by atoms with E-state index in [2.05, 4.69) is 15.4 Å². The van der Waals surface area contributed by atoms with Gasteiger partial charge in [0, 0.05) is 10.1 Å². The van der Waals surface area contributed by atoms with Gasteiger partial charge >= 0.3 is 12.6 Å². The lowest BCUT2D eigenvalue weighted by Gasteiger charge is -2.12. The quantitative estimate of drug-likeness (QED) is 0.525. The number of urea groups is 1. The van der Waals surface area contributed by atoms with Gasteiger partial charge < -0.3 is 20.9 Å². The van der Waals surface area contributed by atoms with Gasteiger partial charge in [-0.3, -0.25) is 10.1 Å². The fourth-order valence-electron chi connectivity index (χ4n) is 2.44. The van der Waals surface area contributed by atoms with E-state index in [1.807, 2.05) is 0 Å². The number of carbonyl (C=O) groups is 2. The molecule has 0 aliphatic heterocycles. The van der Waals surface area contributed by atoms with E-state index >= 15 is 0 Å². The summed E-state index contributed by atoms with van der Waals surface area (Å²) in [6.07, 6.45) is 0. The van der Waals surface area contributed by atoms with Crippen LogP contribution in [0.2, 0.25) is 0 Å². The molecule has 1 aromatic heterocycles. The molecule has 140 valence electrons. The lowest BCUT2D eigenvalue weighted by Crippen LogP contribution is -2.22. The molecule has 10 heteroatoms. The maximum absolute atomic E-state index is 12.5. The van der Waals surface area contributed by atoms with Gasteiger partial charge in [0.1, 0.15) is 16.5 Å². The number of ether oxygens (including phenoxy) is 1. The number of amides is 3. The Hall–Kier alpha value is -3.40. The minimum Gasteiger partial charge on any atom is -0.508 e. The summed E-state index contributed by atoms with van der Waals surface area (Å²) < 4.78 is 29.8. The average Bonchev–Trinajstić information content (AvgIpc) is 2.92. The molecule has 7 nitrogen and oxygen atoms in total. The smallest absolute Gasteiger partial charge is 0.387 e. The second kappa shape index (κ2) is 7.46. The summed E-state index contributed by atoms with van der Waals surface area (Å²) >= 11 is 1.04. The normalized spacial score (nSPS) is 10.8. The van der Waals surface area contributed by atoms with Crippen molar-refractivity contribution in [3.63, 3.8) is 0 Å². The third-order valence-corrected chi connectivity index (χ3v) is 4.57. The van der Waals surface area contributed by atoms with Crippen LogP contribution >= 0.6 is 11.3 Å². The Morgan fingerprint density at radius 3 is 2.59 bits per heavy atom. The number of nitrogens with two attached hydrogens (primary N) is 1. The van der Waals surface area contributed by atoms with Crippen LogP contribution in [0, 0.1) is 0 Å². The van der Waals surface area contributed by atoms with Crippen LogP contribution in [0.15, 0.2) is 42.5 Å². The number of hydrogen-bond acceptors (Lipinski definition) is 5. The summed E-state index contributed by atoms with van der Waals surface area (Å²) in [5.41, 5.74) is 5.51. The molecular formula is C17H13F2N3O4S. The fourth-order valence-corrected chi connectivity index (χ4v) is 3.58. The van der Waals surface area contributed by atoms with Crippen LogP contribution in [0.3, 0.4) is 0 Å². The van der Waals surface area contributed by atoms with E-state index < -0.39 is 18.5 Å². The number of aromatic hydroxyl groups is 1. The Morgan fingerprint density at radius 1 is 1.15 bits per heavy atom. The number of alkyl halides is 2. The third-order valence-electron chi connectivity index (χ3n) is 3.50. The molecule has 3 amide bonds. The van der Waals surface area contributed by atoms with E-state index in [1.54, 1.807) is 0 Å². The molecule has 0 saturated carbocycles. The van der Waals surface area contributed by atoms with Crippen molar-refractivity contribution in [3.05, 3.63) is 48.0 Å². The van der Waals surface area contributed by atoms with Gasteiger partial charge in [-0.25, -0.2) is 4.79 Å². The summed E-state index contributed by atoms with van der Waals surface area (Å²) in [7, 11) is 0. The molecule has 0 aliphatic carbocycles. The largest absolute Gasteiger partial charge is 0.508 e. The molecule has 0 fully saturated rings. The van der Waals surface area contributed by atoms with Crippen molar-refractivity contribution in [3.8, 4) is 11.5 Å². The molecule has 0 unspecified atom stereocenters. The molecule has 0 saturated heterocycles. The predicted octanol–water partition coefficient (Wildman–Crippen LogP) is 3.95. The van der Waals surface area contributed by atoms with E-state index in [4.69, 9.17) is 5.73 Å². The van der Waals surface area contributed by atoms with Crippen molar-refractivity contribution >= 4 is 44.0 Å². The first kappa shape index (κ1) is 18.4. The average molecular weight is 393 g/mol. The molecule has 0 radical (unpaired) electrons. The van der Waals surface area contributed by atoms with Crippen LogP contribution in [0.1, 0.15) is 10.4 Å². The molecule has 0 spiro atoms. The number of phenolic OH excluding ortho intramolecular Hbond substituents is 1. The molecule has 1 heterocycles. The Morgan fingerprint density at radius 2 is 1.89 bits per heavy atom. The van der Waals surface area contributed by atoms with Gasteiger partial charge in [0.05, 0.1) is 11.3 Å². The van der Waals surface area contributed by atoms with E-state index in [-0.39, 0.29) is 27.8 Å². The summed E-state index contributed by atoms with van der Waals surface area (Å²) in [5, 5.41) is 15.1. The predicted molar refractivity (Wildman–Crippen MR) is 97.7 cm³/mol. The number of fused-ring (bicyclic) bond motifs is 1. The van der Waals surface area contributed by atoms with Gasteiger partial charge in [-0.05, 0) is 30.3 Å². The highest BCUT2D eigenvalue weighted by Crippen LogP contribution is 2.37. The molecule has 0 atom stereocenters. The highest BCUT2D eigenvalue weighted by Gasteiger charge is 2.19. The van der Waals surface area contributed by atoms with Crippen LogP contribution in [0.25, 0.3) is 10.1 Å². The maximum atomic E-state index is 12.5. The molecule has 0 bridgehead atoms. The number of halogens is 2. The van der Waals surface area contributed by atoms with Crippen LogP contribution in [-0.2, 0) is 0 Å². The SMILES string of the molecule is NC(=O)c1c(NC(=O)Nc2ccccc2OC(F)F)sc2cc(O)ccc12. The first-order valence-electron chi connectivity index (χ1n) is 7.52. The van der Waals surface area contributed by atoms with Crippen molar-refractivity contribution in [2.75, 3.05) is 10.6 Å². The van der Waals surface area contributed by atoms with Gasteiger partial charge in [0.2, 0.25) is 0 Å². The number of primary amides is 1. The topological polar surface area (TPSA) is 114 Å². The lowest BCUT2D eigenvalue weighted by molar-refractivity contribution is -0.0493. The number of benzene rings is 2. The minimum absolute atomic E-state index is 0.00570. The Bertz CT molecular complexity index is 1020. The minimum atomic E-state index is -3.05. The van der Waals surface area contributed by atoms with Crippen LogP contribution < -0.4 is 21.1 Å². The number of thiophene rings is 1. The zero-order valence-corrected chi connectivity index (χ0v) is 14.3. The Labute approximate surface area is 155 Å². The standard InChI is InChI=1S/C17H13F2N3O4S/c18-16(19)26-11-4-2-1-3-10(11)21-17(25)22-15-13(14(20)24)9-6-5-8(23)7-12(9)27-15/h1-7,16,23H,(H2,20,24)(H2,21,22,25). The van der Waals surface area contributed by atoms with Crippen molar-refractivity contribution in [1.29, 1.82) is 0 Å². The molecule has 3 aromatic rings. The fraction of sp³-hybridized carbons (Fsp3) is 0.0588. The number of carbonyl (C=O) groups excluding carboxylic acids is 2. The Kier molecular flexibility index (Phi) is 5.08. The van der Waals surface area contributed by atoms with Crippen LogP contribution in [0.4, 0.5) is 24.3 Å². The second-order valence-corrected chi connectivity index (χ2v) is 6.36. The summed E-state index contributed by atoms with van der Waals surface area (Å²) in [6.45, 7) is -3.05. The molecule has 27 heavy (non-hydrogen) atoms. The summed E-state index contributed by atoms with van der Waals surface area (Å²) in [6, 6.07) is 9.23. The molecule has 2 aromatic carbocycles. The van der Waals surface area contributed by atoms with Crippen molar-refractivity contribution in [2.24, 2.45) is 5.73 Å². The van der Waals surface area contributed by atoms with E-state index in [9.17, 15) is 23.5 Å². The molecule has 3 rings (SSSR count). The third kappa shape index (κ3) is 4.06. The van der Waals surface area contributed by atoms with Crippen molar-refractivity contribution in [2.45, 2.75) is 6.61 Å². The van der Waals surface area contributed by atoms with Gasteiger partial charge in [-0.15, -0.1) is 11.3 Å². The highest BCUT2D eigenvalue weighted by molar-refractivity contribution is 7.23. The van der Waals surface area contributed by atoms with Crippen LogP contribution in [-0.4, -0.2) is 23.7 Å². The van der Waals surface area contributed by atoms with Gasteiger partial charge in [-0.2, -0.15) is 8.78 Å². The summed E-state index contributed by atoms with van der Waals surface area (Å²) in [5.74, 6) is -0.975. The summed E-state index contributed by atoms with van der Waals surface area (Å²) in [4.78, 5) is 24.1. The van der Waals surface area contributed by atoms with E-state index in [0.717, 1.165) is 11.3 Å². The number of nitrogens with one attached hydrogen (secondary N) is 2. The first-order valence-corrected chi connectivity index (χ1v) is 8.34. The second-order valence-electron chi connectivity index (χ2n) is 5.30. The number of hydrogen-bond donors (Lipinski definition) is 4.